The summed E-state index contributed by atoms with van der Waals surface area (Å²) in [6.07, 6.45) is 2.08. The summed E-state index contributed by atoms with van der Waals surface area (Å²) < 4.78 is 6.65. The maximum Gasteiger partial charge on any atom is 0.0993 e. The van der Waals surface area contributed by atoms with Crippen molar-refractivity contribution in [2.45, 2.75) is 6.92 Å². The van der Waals surface area contributed by atoms with Gasteiger partial charge in [0.1, 0.15) is 0 Å². The number of rotatable bonds is 0. The Bertz CT molecular complexity index is 288. The predicted molar refractivity (Wildman–Crippen MR) is 36.8 cm³/mol. The fourth-order valence-electron chi connectivity index (χ4n) is 0.601. The van der Waals surface area contributed by atoms with Crippen LogP contribution >= 0.6 is 0 Å². The van der Waals surface area contributed by atoms with Crippen LogP contribution in [0, 0.1) is 31.4 Å². The fraction of sp³-hybridized carbons (Fsp3) is 0.111. The molecular weight excluding hydrogens is 381 g/mol. The van der Waals surface area contributed by atoms with E-state index in [1.165, 1.54) is 0 Å². The van der Waals surface area contributed by atoms with Gasteiger partial charge in [-0.15, -0.1) is 6.92 Å². The maximum absolute atomic E-state index is 6.65. The van der Waals surface area contributed by atoms with Crippen LogP contribution in [0.4, 0.5) is 0 Å². The van der Waals surface area contributed by atoms with Gasteiger partial charge in [0.15, 0.2) is 0 Å². The summed E-state index contributed by atoms with van der Waals surface area (Å²) in [7, 11) is 0. The predicted octanol–water partition coefficient (Wildman–Crippen LogP) is 1.57. The molecule has 0 aliphatic carbocycles. The molecule has 0 heterocycles. The summed E-state index contributed by atoms with van der Waals surface area (Å²) in [6, 6.07) is 9.27. The smallest absolute Gasteiger partial charge is 0.0993 e. The SMILES string of the molecule is [2H]C#Cc1[c-]c[c-]cc1C.[W].[Y]. The van der Waals surface area contributed by atoms with Crippen molar-refractivity contribution in [3.63, 3.8) is 0 Å². The van der Waals surface area contributed by atoms with Crippen LogP contribution in [0.1, 0.15) is 12.5 Å². The Morgan fingerprint density at radius 2 is 2.45 bits per heavy atom. The molecule has 0 N–H and O–H groups in total. The molecule has 1 rings (SSSR count). The average molecular weight is 388 g/mol. The molecule has 0 fully saturated rings. The van der Waals surface area contributed by atoms with Crippen molar-refractivity contribution in [1.82, 2.24) is 0 Å². The van der Waals surface area contributed by atoms with Gasteiger partial charge in [0, 0.05) is 53.8 Å². The Kier molecular flexibility index (Phi) is 7.61. The molecule has 0 unspecified atom stereocenters. The van der Waals surface area contributed by atoms with Gasteiger partial charge in [-0.05, 0) is 0 Å². The molecule has 0 aliphatic rings. The van der Waals surface area contributed by atoms with E-state index in [9.17, 15) is 0 Å². The molecule has 0 atom stereocenters. The first-order valence-electron chi connectivity index (χ1n) is 3.15. The molecule has 0 nitrogen and oxygen atoms in total. The van der Waals surface area contributed by atoms with Crippen LogP contribution in [-0.2, 0) is 53.8 Å². The van der Waals surface area contributed by atoms with Crippen LogP contribution in [-0.4, -0.2) is 0 Å². The Hall–Kier alpha value is 0.572. The van der Waals surface area contributed by atoms with Crippen LogP contribution in [0.5, 0.6) is 0 Å². The Morgan fingerprint density at radius 3 is 3.00 bits per heavy atom. The largest absolute Gasteiger partial charge is 0.321 e. The molecular formula is C9H6WY-2. The van der Waals surface area contributed by atoms with Crippen molar-refractivity contribution in [3.8, 4) is 12.3 Å². The van der Waals surface area contributed by atoms with Crippen LogP contribution in [0.15, 0.2) is 12.1 Å². The third-order valence-electron chi connectivity index (χ3n) is 1.12. The molecule has 0 amide bonds. The second-order valence-electron chi connectivity index (χ2n) is 1.78. The van der Waals surface area contributed by atoms with E-state index in [0.717, 1.165) is 11.1 Å². The van der Waals surface area contributed by atoms with Gasteiger partial charge in [-0.3, -0.25) is 12.1 Å². The standard InChI is InChI=1S/C9H6.W.Y/c1-3-9-7-5-4-6-8(9)2;;/h1,5-6H,2H3;;/q-2;;/i1D;;. The van der Waals surface area contributed by atoms with Crippen molar-refractivity contribution in [3.05, 3.63) is 35.4 Å². The summed E-state index contributed by atoms with van der Waals surface area (Å²) in [5.74, 6) is 2.62. The minimum atomic E-state index is 0. The van der Waals surface area contributed by atoms with Crippen molar-refractivity contribution in [2.75, 3.05) is 0 Å². The van der Waals surface area contributed by atoms with Gasteiger partial charge in [0.25, 0.3) is 0 Å². The quantitative estimate of drug-likeness (QED) is 0.468. The molecule has 0 spiro atoms. The maximum atomic E-state index is 6.65. The number of hydrogen-bond acceptors (Lipinski definition) is 0. The second kappa shape index (κ2) is 7.23. The molecule has 11 heavy (non-hydrogen) atoms. The minimum absolute atomic E-state index is 0. The van der Waals surface area contributed by atoms with E-state index in [1.54, 1.807) is 6.07 Å². The van der Waals surface area contributed by atoms with Gasteiger partial charge in [0.2, 0.25) is 0 Å². The van der Waals surface area contributed by atoms with Gasteiger partial charge in [0.05, 0.1) is 1.37 Å². The van der Waals surface area contributed by atoms with Gasteiger partial charge < -0.3 is 5.92 Å². The zero-order valence-electron chi connectivity index (χ0n) is 7.14. The Morgan fingerprint density at radius 1 is 1.73 bits per heavy atom. The minimum Gasteiger partial charge on any atom is -0.321 e. The van der Waals surface area contributed by atoms with Crippen LogP contribution in [0.3, 0.4) is 0 Å². The Balaban J connectivity index is 0. The third-order valence-corrected chi connectivity index (χ3v) is 1.12. The van der Waals surface area contributed by atoms with E-state index in [4.69, 9.17) is 1.37 Å². The van der Waals surface area contributed by atoms with E-state index in [-0.39, 0.29) is 53.8 Å². The van der Waals surface area contributed by atoms with Crippen molar-refractivity contribution >= 4 is 0 Å². The fourth-order valence-corrected chi connectivity index (χ4v) is 0.601. The average Bonchev–Trinajstić information content (AvgIpc) is 1.94. The monoisotopic (exact) mass is 388 g/mol. The van der Waals surface area contributed by atoms with Crippen LogP contribution in [0.25, 0.3) is 0 Å². The van der Waals surface area contributed by atoms with Crippen molar-refractivity contribution in [1.29, 1.82) is 0 Å². The molecule has 1 aromatic carbocycles. The first-order chi connectivity index (χ1) is 4.84. The summed E-state index contributed by atoms with van der Waals surface area (Å²) >= 11 is 0. The van der Waals surface area contributed by atoms with Crippen LogP contribution in [0.2, 0.25) is 0 Å². The van der Waals surface area contributed by atoms with E-state index < -0.39 is 0 Å². The molecule has 0 saturated carbocycles. The number of benzene rings is 1. The van der Waals surface area contributed by atoms with Crippen LogP contribution < -0.4 is 0 Å². The summed E-state index contributed by atoms with van der Waals surface area (Å²) in [6.45, 7) is 1.92. The van der Waals surface area contributed by atoms with Gasteiger partial charge in [-0.1, -0.05) is 0 Å². The first kappa shape index (κ1) is 11.6. The van der Waals surface area contributed by atoms with E-state index in [1.807, 2.05) is 13.0 Å². The second-order valence-corrected chi connectivity index (χ2v) is 1.78. The molecule has 53 valence electrons. The summed E-state index contributed by atoms with van der Waals surface area (Å²) in [4.78, 5) is 0. The summed E-state index contributed by atoms with van der Waals surface area (Å²) in [5, 5.41) is 0. The third kappa shape index (κ3) is 4.22. The molecule has 0 aliphatic heterocycles. The molecule has 0 bridgehead atoms. The zero-order valence-corrected chi connectivity index (χ0v) is 11.9. The van der Waals surface area contributed by atoms with Gasteiger partial charge >= 0.3 is 0 Å². The first-order valence-corrected chi connectivity index (χ1v) is 2.65. The summed E-state index contributed by atoms with van der Waals surface area (Å²) in [5.41, 5.74) is 1.80. The number of terminal acetylenes is 1. The Labute approximate surface area is 109 Å². The van der Waals surface area contributed by atoms with Gasteiger partial charge in [-0.2, -0.15) is 0 Å². The molecule has 1 radical (unpaired) electrons. The molecule has 2 heteroatoms. The van der Waals surface area contributed by atoms with Crippen molar-refractivity contribution < 1.29 is 55.1 Å². The van der Waals surface area contributed by atoms with Crippen molar-refractivity contribution in [2.24, 2.45) is 0 Å². The van der Waals surface area contributed by atoms with E-state index in [2.05, 4.69) is 24.5 Å². The molecule has 1 aromatic rings. The zero-order chi connectivity index (χ0) is 7.40. The number of aryl methyl sites for hydroxylation is 1. The normalized spacial score (nSPS) is 7.55. The molecule has 0 saturated heterocycles. The molecule has 0 aromatic heterocycles. The van der Waals surface area contributed by atoms with E-state index >= 15 is 0 Å². The van der Waals surface area contributed by atoms with E-state index in [0.29, 0.717) is 0 Å². The topological polar surface area (TPSA) is 0 Å². The van der Waals surface area contributed by atoms with Gasteiger partial charge in [-0.25, -0.2) is 29.7 Å². The number of hydrogen-bond donors (Lipinski definition) is 0.